The number of aliphatic hydroxyl groups is 1. The van der Waals surface area contributed by atoms with Gasteiger partial charge in [0.1, 0.15) is 11.6 Å². The lowest BCUT2D eigenvalue weighted by Crippen LogP contribution is -2.31. The van der Waals surface area contributed by atoms with Crippen LogP contribution in [-0.2, 0) is 12.8 Å². The zero-order valence-electron chi connectivity index (χ0n) is 13.0. The molecule has 114 valence electrons. The molecule has 5 heteroatoms. The molecule has 1 aliphatic heterocycles. The number of nitriles is 1. The fourth-order valence-electron chi connectivity index (χ4n) is 3.22. The van der Waals surface area contributed by atoms with E-state index < -0.39 is 0 Å². The largest absolute Gasteiger partial charge is 0.396 e. The van der Waals surface area contributed by atoms with Gasteiger partial charge in [0, 0.05) is 19.2 Å². The fourth-order valence-corrected chi connectivity index (χ4v) is 3.22. The van der Waals surface area contributed by atoms with Crippen LogP contribution in [0.3, 0.4) is 0 Å². The summed E-state index contributed by atoms with van der Waals surface area (Å²) in [5, 5.41) is 27.3. The lowest BCUT2D eigenvalue weighted by molar-refractivity contribution is 0.279. The predicted molar refractivity (Wildman–Crippen MR) is 82.2 cm³/mol. The number of aliphatic hydroxyl groups excluding tert-OH is 1. The van der Waals surface area contributed by atoms with Crippen LogP contribution in [-0.4, -0.2) is 34.5 Å². The van der Waals surface area contributed by atoms with Gasteiger partial charge in [0.25, 0.3) is 0 Å². The second-order valence-corrected chi connectivity index (χ2v) is 5.50. The Morgan fingerprint density at radius 3 is 2.76 bits per heavy atom. The molecule has 1 atom stereocenters. The van der Waals surface area contributed by atoms with E-state index in [-0.39, 0.29) is 6.61 Å². The molecule has 1 N–H and O–H groups in total. The van der Waals surface area contributed by atoms with E-state index in [4.69, 9.17) is 5.11 Å². The van der Waals surface area contributed by atoms with Crippen molar-refractivity contribution in [2.24, 2.45) is 0 Å². The van der Waals surface area contributed by atoms with Crippen molar-refractivity contribution < 1.29 is 5.11 Å². The van der Waals surface area contributed by atoms with Gasteiger partial charge in [-0.15, -0.1) is 5.10 Å². The molecule has 1 aromatic rings. The fraction of sp³-hybridized carbons (Fsp3) is 0.688. The summed E-state index contributed by atoms with van der Waals surface area (Å²) in [7, 11) is 0. The minimum absolute atomic E-state index is 0.218. The van der Waals surface area contributed by atoms with Crippen molar-refractivity contribution in [3.05, 3.63) is 16.8 Å². The Morgan fingerprint density at radius 1 is 1.33 bits per heavy atom. The topological polar surface area (TPSA) is 73.0 Å². The normalized spacial score (nSPS) is 18.0. The highest BCUT2D eigenvalue weighted by Gasteiger charge is 2.29. The van der Waals surface area contributed by atoms with Gasteiger partial charge >= 0.3 is 0 Å². The molecule has 2 rings (SSSR count). The number of nitrogens with zero attached hydrogens (tertiary/aromatic N) is 4. The molecule has 5 nitrogen and oxygen atoms in total. The summed E-state index contributed by atoms with van der Waals surface area (Å²) < 4.78 is 0. The maximum atomic E-state index is 9.59. The highest BCUT2D eigenvalue weighted by atomic mass is 16.2. The van der Waals surface area contributed by atoms with Gasteiger partial charge in [-0.05, 0) is 44.1 Å². The lowest BCUT2D eigenvalue weighted by atomic mass is 10.0. The van der Waals surface area contributed by atoms with Gasteiger partial charge < -0.3 is 10.0 Å². The SMILES string of the molecule is CCc1nnc(N2CCCC2CCCO)c(C#N)c1CC. The Hall–Kier alpha value is -1.67. The first-order valence-electron chi connectivity index (χ1n) is 7.92. The molecule has 1 fully saturated rings. The smallest absolute Gasteiger partial charge is 0.169 e. The Bertz CT molecular complexity index is 524. The van der Waals surface area contributed by atoms with Crippen molar-refractivity contribution in [2.45, 2.75) is 58.4 Å². The average molecular weight is 288 g/mol. The van der Waals surface area contributed by atoms with Crippen molar-refractivity contribution in [1.82, 2.24) is 10.2 Å². The molecule has 0 saturated carbocycles. The maximum absolute atomic E-state index is 9.59. The van der Waals surface area contributed by atoms with E-state index >= 15 is 0 Å². The quantitative estimate of drug-likeness (QED) is 0.869. The maximum Gasteiger partial charge on any atom is 0.169 e. The summed E-state index contributed by atoms with van der Waals surface area (Å²) in [6, 6.07) is 2.72. The van der Waals surface area contributed by atoms with Gasteiger partial charge in [-0.3, -0.25) is 0 Å². The Balaban J connectivity index is 2.37. The lowest BCUT2D eigenvalue weighted by Gasteiger charge is -2.27. The molecule has 2 heterocycles. The first-order chi connectivity index (χ1) is 10.3. The summed E-state index contributed by atoms with van der Waals surface area (Å²) in [6.45, 7) is 5.25. The van der Waals surface area contributed by atoms with Crippen LogP contribution in [0.15, 0.2) is 0 Å². The minimum atomic E-state index is 0.218. The summed E-state index contributed by atoms with van der Waals surface area (Å²) in [4.78, 5) is 2.22. The van der Waals surface area contributed by atoms with E-state index in [1.165, 1.54) is 0 Å². The van der Waals surface area contributed by atoms with Crippen molar-refractivity contribution in [1.29, 1.82) is 5.26 Å². The molecule has 0 spiro atoms. The van der Waals surface area contributed by atoms with E-state index in [1.54, 1.807) is 0 Å². The van der Waals surface area contributed by atoms with Gasteiger partial charge in [0.05, 0.1) is 5.69 Å². The predicted octanol–water partition coefficient (Wildman–Crippen LogP) is 2.21. The molecule has 0 radical (unpaired) electrons. The van der Waals surface area contributed by atoms with Crippen molar-refractivity contribution in [3.8, 4) is 6.07 Å². The van der Waals surface area contributed by atoms with E-state index in [1.807, 2.05) is 6.92 Å². The molecule has 1 unspecified atom stereocenters. The zero-order valence-corrected chi connectivity index (χ0v) is 13.0. The van der Waals surface area contributed by atoms with Crippen molar-refractivity contribution >= 4 is 5.82 Å². The summed E-state index contributed by atoms with van der Waals surface area (Å²) in [5.41, 5.74) is 2.67. The standard InChI is InChI=1S/C16H24N4O/c1-3-13-14(11-17)16(19-18-15(13)4-2)20-9-5-7-12(20)8-6-10-21/h12,21H,3-10H2,1-2H3. The summed E-state index contributed by atoms with van der Waals surface area (Å²) in [6.07, 6.45) is 5.57. The summed E-state index contributed by atoms with van der Waals surface area (Å²) in [5.74, 6) is 0.743. The van der Waals surface area contributed by atoms with Crippen LogP contribution in [0.1, 0.15) is 56.4 Å². The van der Waals surface area contributed by atoms with Gasteiger partial charge in [-0.1, -0.05) is 13.8 Å². The third kappa shape index (κ3) is 3.16. The van der Waals surface area contributed by atoms with Crippen LogP contribution >= 0.6 is 0 Å². The number of rotatable bonds is 6. The first-order valence-corrected chi connectivity index (χ1v) is 7.92. The molecule has 1 aliphatic rings. The number of aromatic nitrogens is 2. The number of anilines is 1. The average Bonchev–Trinajstić information content (AvgIpc) is 2.99. The van der Waals surface area contributed by atoms with Gasteiger partial charge in [0.2, 0.25) is 0 Å². The molecule has 0 aromatic carbocycles. The third-order valence-electron chi connectivity index (χ3n) is 4.28. The van der Waals surface area contributed by atoms with E-state index in [0.29, 0.717) is 11.6 Å². The Labute approximate surface area is 126 Å². The Kier molecular flexibility index (Phi) is 5.51. The van der Waals surface area contributed by atoms with E-state index in [2.05, 4.69) is 28.1 Å². The van der Waals surface area contributed by atoms with Crippen molar-refractivity contribution in [3.63, 3.8) is 0 Å². The highest BCUT2D eigenvalue weighted by molar-refractivity contribution is 5.59. The van der Waals surface area contributed by atoms with Crippen LogP contribution in [0.5, 0.6) is 0 Å². The molecule has 0 bridgehead atoms. The second-order valence-electron chi connectivity index (χ2n) is 5.50. The monoisotopic (exact) mass is 288 g/mol. The molecular weight excluding hydrogens is 264 g/mol. The van der Waals surface area contributed by atoms with Crippen LogP contribution in [0.25, 0.3) is 0 Å². The van der Waals surface area contributed by atoms with Gasteiger partial charge in [-0.25, -0.2) is 0 Å². The zero-order chi connectivity index (χ0) is 15.2. The van der Waals surface area contributed by atoms with Crippen LogP contribution in [0.4, 0.5) is 5.82 Å². The number of hydrogen-bond donors (Lipinski definition) is 1. The van der Waals surface area contributed by atoms with Crippen molar-refractivity contribution in [2.75, 3.05) is 18.1 Å². The number of hydrogen-bond acceptors (Lipinski definition) is 5. The van der Waals surface area contributed by atoms with Crippen LogP contribution in [0.2, 0.25) is 0 Å². The summed E-state index contributed by atoms with van der Waals surface area (Å²) >= 11 is 0. The molecular formula is C16H24N4O. The Morgan fingerprint density at radius 2 is 2.14 bits per heavy atom. The van der Waals surface area contributed by atoms with E-state index in [0.717, 1.165) is 62.1 Å². The molecule has 0 amide bonds. The molecule has 0 aliphatic carbocycles. The first kappa shape index (κ1) is 15.7. The van der Waals surface area contributed by atoms with Crippen LogP contribution < -0.4 is 4.90 Å². The second kappa shape index (κ2) is 7.37. The highest BCUT2D eigenvalue weighted by Crippen LogP contribution is 2.31. The molecule has 21 heavy (non-hydrogen) atoms. The number of aryl methyl sites for hydroxylation is 1. The molecule has 1 saturated heterocycles. The molecule has 1 aromatic heterocycles. The van der Waals surface area contributed by atoms with Gasteiger partial charge in [0.15, 0.2) is 5.82 Å². The third-order valence-corrected chi connectivity index (χ3v) is 4.28. The van der Waals surface area contributed by atoms with Crippen LogP contribution in [0, 0.1) is 11.3 Å². The van der Waals surface area contributed by atoms with E-state index in [9.17, 15) is 5.26 Å². The van der Waals surface area contributed by atoms with Gasteiger partial charge in [-0.2, -0.15) is 10.4 Å². The minimum Gasteiger partial charge on any atom is -0.396 e.